The number of carbonyl (C=O) groups is 2. The van der Waals surface area contributed by atoms with Crippen LogP contribution in [0.5, 0.6) is 0 Å². The molecule has 3 rings (SSSR count). The highest BCUT2D eigenvalue weighted by molar-refractivity contribution is 6.03. The Kier molecular flexibility index (Phi) is 6.55. The number of esters is 1. The summed E-state index contributed by atoms with van der Waals surface area (Å²) in [5.74, 6) is -0.157. The first-order valence-corrected chi connectivity index (χ1v) is 10.6. The quantitative estimate of drug-likeness (QED) is 0.741. The van der Waals surface area contributed by atoms with Crippen molar-refractivity contribution in [1.29, 1.82) is 0 Å². The van der Waals surface area contributed by atoms with Crippen molar-refractivity contribution in [2.24, 2.45) is 5.92 Å². The zero-order valence-corrected chi connectivity index (χ0v) is 18.1. The first-order valence-electron chi connectivity index (χ1n) is 10.6. The Bertz CT molecular complexity index is 888. The first-order chi connectivity index (χ1) is 13.8. The van der Waals surface area contributed by atoms with Gasteiger partial charge >= 0.3 is 5.97 Å². The number of rotatable bonds is 6. The van der Waals surface area contributed by atoms with Crippen LogP contribution in [-0.2, 0) is 9.53 Å². The maximum Gasteiger partial charge on any atom is 0.339 e. The molecule has 0 bridgehead atoms. The molecule has 7 heteroatoms. The molecule has 0 saturated heterocycles. The van der Waals surface area contributed by atoms with E-state index in [0.29, 0.717) is 22.5 Å². The number of amides is 1. The first kappa shape index (κ1) is 21.3. The largest absolute Gasteiger partial charge is 0.452 e. The SMILES string of the molecule is CC(C)c1cc(C(=O)OCC(=O)N[C@@H]2CCCC[C@H]2C)c2cnn(C(C)C)c2n1. The summed E-state index contributed by atoms with van der Waals surface area (Å²) in [6, 6.07) is 2.04. The molecule has 0 radical (unpaired) electrons. The van der Waals surface area contributed by atoms with Gasteiger partial charge in [-0.2, -0.15) is 5.10 Å². The molecule has 158 valence electrons. The highest BCUT2D eigenvalue weighted by Crippen LogP contribution is 2.25. The van der Waals surface area contributed by atoms with E-state index >= 15 is 0 Å². The summed E-state index contributed by atoms with van der Waals surface area (Å²) in [5.41, 5.74) is 1.87. The third-order valence-electron chi connectivity index (χ3n) is 5.68. The van der Waals surface area contributed by atoms with E-state index in [-0.39, 0.29) is 30.5 Å². The number of pyridine rings is 1. The second-order valence-electron chi connectivity index (χ2n) is 8.68. The standard InChI is InChI=1S/C22H32N4O3/c1-13(2)19-10-16(17-11-23-26(14(3)4)21(17)25-19)22(28)29-12-20(27)24-18-9-7-6-8-15(18)5/h10-11,13-15,18H,6-9,12H2,1-5H3,(H,24,27)/t15-,18-/m1/s1. The molecule has 7 nitrogen and oxygen atoms in total. The number of ether oxygens (including phenoxy) is 1. The number of nitrogens with one attached hydrogen (secondary N) is 1. The van der Waals surface area contributed by atoms with Crippen LogP contribution in [0.25, 0.3) is 11.0 Å². The fraction of sp³-hybridized carbons (Fsp3) is 0.636. The Morgan fingerprint density at radius 1 is 1.24 bits per heavy atom. The highest BCUT2D eigenvalue weighted by atomic mass is 16.5. The Labute approximate surface area is 172 Å². The van der Waals surface area contributed by atoms with E-state index in [1.807, 2.05) is 27.7 Å². The molecule has 2 aromatic heterocycles. The fourth-order valence-electron chi connectivity index (χ4n) is 3.87. The van der Waals surface area contributed by atoms with Gasteiger partial charge in [0.15, 0.2) is 12.3 Å². The normalized spacial score (nSPS) is 19.7. The van der Waals surface area contributed by atoms with Gasteiger partial charge in [-0.1, -0.05) is 33.6 Å². The van der Waals surface area contributed by atoms with Crippen LogP contribution in [0, 0.1) is 5.92 Å². The van der Waals surface area contributed by atoms with Crippen LogP contribution in [0.2, 0.25) is 0 Å². The minimum absolute atomic E-state index is 0.120. The Morgan fingerprint density at radius 2 is 1.97 bits per heavy atom. The summed E-state index contributed by atoms with van der Waals surface area (Å²) in [4.78, 5) is 29.8. The van der Waals surface area contributed by atoms with Crippen LogP contribution < -0.4 is 5.32 Å². The van der Waals surface area contributed by atoms with Gasteiger partial charge in [-0.05, 0) is 44.6 Å². The second-order valence-corrected chi connectivity index (χ2v) is 8.68. The molecule has 1 aliphatic rings. The third-order valence-corrected chi connectivity index (χ3v) is 5.68. The number of carbonyl (C=O) groups excluding carboxylic acids is 2. The predicted molar refractivity (Wildman–Crippen MR) is 112 cm³/mol. The van der Waals surface area contributed by atoms with Crippen molar-refractivity contribution in [3.8, 4) is 0 Å². The van der Waals surface area contributed by atoms with Crippen molar-refractivity contribution in [3.05, 3.63) is 23.5 Å². The molecular formula is C22H32N4O3. The molecule has 0 aromatic carbocycles. The second kappa shape index (κ2) is 8.93. The molecule has 1 N–H and O–H groups in total. The van der Waals surface area contributed by atoms with Gasteiger partial charge in [0, 0.05) is 17.8 Å². The third kappa shape index (κ3) is 4.77. The number of hydrogen-bond donors (Lipinski definition) is 1. The molecule has 29 heavy (non-hydrogen) atoms. The predicted octanol–water partition coefficient (Wildman–Crippen LogP) is 3.99. The topological polar surface area (TPSA) is 86.1 Å². The lowest BCUT2D eigenvalue weighted by Crippen LogP contribution is -2.42. The van der Waals surface area contributed by atoms with E-state index in [0.717, 1.165) is 25.0 Å². The van der Waals surface area contributed by atoms with Crippen LogP contribution in [0.1, 0.15) is 88.3 Å². The zero-order valence-electron chi connectivity index (χ0n) is 18.1. The van der Waals surface area contributed by atoms with Crippen LogP contribution >= 0.6 is 0 Å². The van der Waals surface area contributed by atoms with Gasteiger partial charge in [-0.3, -0.25) is 4.79 Å². The fourth-order valence-corrected chi connectivity index (χ4v) is 3.87. The van der Waals surface area contributed by atoms with Crippen LogP contribution in [0.4, 0.5) is 0 Å². The zero-order chi connectivity index (χ0) is 21.1. The number of aromatic nitrogens is 3. The summed E-state index contributed by atoms with van der Waals surface area (Å²) < 4.78 is 7.16. The molecule has 2 heterocycles. The molecule has 1 saturated carbocycles. The average molecular weight is 401 g/mol. The number of nitrogens with zero attached hydrogens (tertiary/aromatic N) is 3. The van der Waals surface area contributed by atoms with Crippen LogP contribution in [0.15, 0.2) is 12.3 Å². The minimum atomic E-state index is -0.519. The lowest BCUT2D eigenvalue weighted by Gasteiger charge is -2.29. The van der Waals surface area contributed by atoms with Crippen molar-refractivity contribution in [2.75, 3.05) is 6.61 Å². The minimum Gasteiger partial charge on any atom is -0.452 e. The molecular weight excluding hydrogens is 368 g/mol. The van der Waals surface area contributed by atoms with E-state index < -0.39 is 5.97 Å². The summed E-state index contributed by atoms with van der Waals surface area (Å²) in [5, 5.41) is 8.05. The van der Waals surface area contributed by atoms with Crippen molar-refractivity contribution in [2.45, 2.75) is 78.3 Å². The number of fused-ring (bicyclic) bond motifs is 1. The Balaban J connectivity index is 1.75. The molecule has 0 spiro atoms. The molecule has 0 aliphatic heterocycles. The highest BCUT2D eigenvalue weighted by Gasteiger charge is 2.24. The smallest absolute Gasteiger partial charge is 0.339 e. The van der Waals surface area contributed by atoms with Gasteiger partial charge in [0.2, 0.25) is 0 Å². The van der Waals surface area contributed by atoms with Gasteiger partial charge < -0.3 is 10.1 Å². The van der Waals surface area contributed by atoms with Crippen molar-refractivity contribution in [3.63, 3.8) is 0 Å². The molecule has 1 amide bonds. The summed E-state index contributed by atoms with van der Waals surface area (Å²) >= 11 is 0. The molecule has 1 aliphatic carbocycles. The van der Waals surface area contributed by atoms with Gasteiger partial charge in [0.1, 0.15) is 0 Å². The Morgan fingerprint density at radius 3 is 2.62 bits per heavy atom. The van der Waals surface area contributed by atoms with Gasteiger partial charge in [0.25, 0.3) is 5.91 Å². The van der Waals surface area contributed by atoms with Crippen molar-refractivity contribution >= 4 is 22.9 Å². The lowest BCUT2D eigenvalue weighted by atomic mass is 9.86. The molecule has 2 atom stereocenters. The summed E-state index contributed by atoms with van der Waals surface area (Å²) in [7, 11) is 0. The van der Waals surface area contributed by atoms with Crippen LogP contribution in [0.3, 0.4) is 0 Å². The summed E-state index contributed by atoms with van der Waals surface area (Å²) in [6.07, 6.45) is 6.09. The maximum atomic E-state index is 12.8. The van der Waals surface area contributed by atoms with E-state index in [1.54, 1.807) is 16.9 Å². The van der Waals surface area contributed by atoms with Crippen molar-refractivity contribution in [1.82, 2.24) is 20.1 Å². The molecule has 2 aromatic rings. The number of hydrogen-bond acceptors (Lipinski definition) is 5. The average Bonchev–Trinajstić information content (AvgIpc) is 3.11. The monoisotopic (exact) mass is 400 g/mol. The summed E-state index contributed by atoms with van der Waals surface area (Å²) in [6.45, 7) is 9.97. The van der Waals surface area contributed by atoms with E-state index in [9.17, 15) is 9.59 Å². The van der Waals surface area contributed by atoms with E-state index in [2.05, 4.69) is 17.3 Å². The maximum absolute atomic E-state index is 12.8. The van der Waals surface area contributed by atoms with Crippen LogP contribution in [-0.4, -0.2) is 39.3 Å². The molecule has 0 unspecified atom stereocenters. The molecule has 1 fully saturated rings. The van der Waals surface area contributed by atoms with Gasteiger partial charge in [0.05, 0.1) is 17.1 Å². The van der Waals surface area contributed by atoms with E-state index in [1.165, 1.54) is 6.42 Å². The Hall–Kier alpha value is -2.44. The van der Waals surface area contributed by atoms with Gasteiger partial charge in [-0.15, -0.1) is 0 Å². The lowest BCUT2D eigenvalue weighted by molar-refractivity contribution is -0.125. The van der Waals surface area contributed by atoms with E-state index in [4.69, 9.17) is 9.72 Å². The van der Waals surface area contributed by atoms with Crippen molar-refractivity contribution < 1.29 is 14.3 Å². The van der Waals surface area contributed by atoms with Gasteiger partial charge in [-0.25, -0.2) is 14.5 Å².